The highest BCUT2D eigenvalue weighted by molar-refractivity contribution is 5.83. The first-order valence-electron chi connectivity index (χ1n) is 11.7. The molecule has 0 unspecified atom stereocenters. The second kappa shape index (κ2) is 9.82. The molecule has 0 aliphatic carbocycles. The maximum Gasteiger partial charge on any atom is 0.222 e. The van der Waals surface area contributed by atoms with Gasteiger partial charge in [-0.25, -0.2) is 9.97 Å². The summed E-state index contributed by atoms with van der Waals surface area (Å²) in [6.45, 7) is 3.10. The molecule has 5 rings (SSSR count). The van der Waals surface area contributed by atoms with E-state index < -0.39 is 0 Å². The van der Waals surface area contributed by atoms with Gasteiger partial charge in [0.1, 0.15) is 5.69 Å². The van der Waals surface area contributed by atoms with Crippen LogP contribution in [0.2, 0.25) is 0 Å². The van der Waals surface area contributed by atoms with Crippen LogP contribution in [0.15, 0.2) is 84.9 Å². The third-order valence-electron chi connectivity index (χ3n) is 6.22. The number of benzene rings is 3. The zero-order valence-corrected chi connectivity index (χ0v) is 18.7. The van der Waals surface area contributed by atoms with E-state index in [4.69, 9.17) is 9.97 Å². The molecule has 2 heterocycles. The number of hydrogen-bond donors (Lipinski definition) is 0. The number of aryl methyl sites for hydroxylation is 1. The third kappa shape index (κ3) is 4.87. The van der Waals surface area contributed by atoms with Gasteiger partial charge in [0.15, 0.2) is 5.82 Å². The van der Waals surface area contributed by atoms with Crippen LogP contribution < -0.4 is 4.90 Å². The van der Waals surface area contributed by atoms with Crippen molar-refractivity contribution in [3.63, 3.8) is 0 Å². The van der Waals surface area contributed by atoms with Crippen molar-refractivity contribution >= 4 is 22.8 Å². The van der Waals surface area contributed by atoms with Crippen LogP contribution >= 0.6 is 0 Å². The molecule has 4 aromatic rings. The van der Waals surface area contributed by atoms with Crippen LogP contribution in [0.3, 0.4) is 0 Å². The van der Waals surface area contributed by atoms with E-state index >= 15 is 0 Å². The second-order valence-corrected chi connectivity index (χ2v) is 8.46. The molecule has 5 nitrogen and oxygen atoms in total. The Morgan fingerprint density at radius 1 is 0.727 bits per heavy atom. The Balaban J connectivity index is 1.35. The lowest BCUT2D eigenvalue weighted by Gasteiger charge is -2.25. The van der Waals surface area contributed by atoms with Crippen molar-refractivity contribution in [1.29, 1.82) is 0 Å². The van der Waals surface area contributed by atoms with Crippen molar-refractivity contribution in [3.8, 4) is 11.3 Å². The van der Waals surface area contributed by atoms with Gasteiger partial charge >= 0.3 is 0 Å². The van der Waals surface area contributed by atoms with Gasteiger partial charge in [0.05, 0.1) is 11.0 Å². The van der Waals surface area contributed by atoms with Crippen molar-refractivity contribution in [2.75, 3.05) is 31.1 Å². The van der Waals surface area contributed by atoms with Crippen LogP contribution in [0, 0.1) is 0 Å². The van der Waals surface area contributed by atoms with Crippen LogP contribution in [0.1, 0.15) is 18.4 Å². The first-order chi connectivity index (χ1) is 16.3. The molecule has 0 radical (unpaired) electrons. The molecular formula is C28H28N4O. The summed E-state index contributed by atoms with van der Waals surface area (Å²) in [5.41, 5.74) is 4.96. The molecule has 0 spiro atoms. The van der Waals surface area contributed by atoms with Crippen LogP contribution in [-0.2, 0) is 11.2 Å². The minimum Gasteiger partial charge on any atom is -0.353 e. The van der Waals surface area contributed by atoms with Gasteiger partial charge in [0.25, 0.3) is 0 Å². The number of anilines is 1. The summed E-state index contributed by atoms with van der Waals surface area (Å²) in [5.74, 6) is 1.13. The van der Waals surface area contributed by atoms with Crippen LogP contribution in [0.25, 0.3) is 22.3 Å². The van der Waals surface area contributed by atoms with E-state index in [2.05, 4.69) is 29.2 Å². The summed E-state index contributed by atoms with van der Waals surface area (Å²) < 4.78 is 0. The number of carbonyl (C=O) groups is 1. The molecule has 0 N–H and O–H groups in total. The highest BCUT2D eigenvalue weighted by Gasteiger charge is 2.23. The fourth-order valence-corrected chi connectivity index (χ4v) is 4.43. The SMILES string of the molecule is O=C(CCc1ccccc1)N1CCCN(c2nc3ccccc3nc2-c2ccccc2)CC1. The molecular weight excluding hydrogens is 408 g/mol. The first kappa shape index (κ1) is 21.1. The van der Waals surface area contributed by atoms with Crippen molar-refractivity contribution in [3.05, 3.63) is 90.5 Å². The number of para-hydroxylation sites is 2. The number of carbonyl (C=O) groups excluding carboxylic acids is 1. The zero-order valence-electron chi connectivity index (χ0n) is 18.7. The Labute approximate surface area is 194 Å². The third-order valence-corrected chi connectivity index (χ3v) is 6.22. The van der Waals surface area contributed by atoms with Gasteiger partial charge in [-0.1, -0.05) is 72.8 Å². The number of amides is 1. The first-order valence-corrected chi connectivity index (χ1v) is 11.7. The zero-order chi connectivity index (χ0) is 22.5. The summed E-state index contributed by atoms with van der Waals surface area (Å²) in [6, 6.07) is 28.5. The fourth-order valence-electron chi connectivity index (χ4n) is 4.43. The molecule has 3 aromatic carbocycles. The molecule has 1 fully saturated rings. The average molecular weight is 437 g/mol. The smallest absolute Gasteiger partial charge is 0.222 e. The Hall–Kier alpha value is -3.73. The standard InChI is InChI=1S/C28H28N4O/c33-26(17-16-22-10-3-1-4-11-22)31-18-9-19-32(21-20-31)28-27(23-12-5-2-6-13-23)29-24-14-7-8-15-25(24)30-28/h1-8,10-15H,9,16-21H2. The van der Waals surface area contributed by atoms with Crippen molar-refractivity contribution in [2.45, 2.75) is 19.3 Å². The average Bonchev–Trinajstić information content (AvgIpc) is 3.14. The number of aromatic nitrogens is 2. The van der Waals surface area contributed by atoms with Crippen molar-refractivity contribution < 1.29 is 4.79 Å². The summed E-state index contributed by atoms with van der Waals surface area (Å²) in [7, 11) is 0. The highest BCUT2D eigenvalue weighted by atomic mass is 16.2. The van der Waals surface area contributed by atoms with E-state index in [-0.39, 0.29) is 5.91 Å². The van der Waals surface area contributed by atoms with Crippen LogP contribution in [-0.4, -0.2) is 47.0 Å². The molecule has 0 bridgehead atoms. The van der Waals surface area contributed by atoms with Gasteiger partial charge in [-0.2, -0.15) is 0 Å². The van der Waals surface area contributed by atoms with Gasteiger partial charge in [-0.3, -0.25) is 4.79 Å². The van der Waals surface area contributed by atoms with Gasteiger partial charge in [-0.15, -0.1) is 0 Å². The number of fused-ring (bicyclic) bond motifs is 1. The minimum absolute atomic E-state index is 0.230. The maximum atomic E-state index is 12.9. The lowest BCUT2D eigenvalue weighted by atomic mass is 10.1. The van der Waals surface area contributed by atoms with Gasteiger partial charge < -0.3 is 9.80 Å². The van der Waals surface area contributed by atoms with Crippen LogP contribution in [0.5, 0.6) is 0 Å². The minimum atomic E-state index is 0.230. The predicted molar refractivity (Wildman–Crippen MR) is 133 cm³/mol. The normalized spacial score (nSPS) is 14.3. The Kier molecular flexibility index (Phi) is 6.29. The van der Waals surface area contributed by atoms with Crippen molar-refractivity contribution in [2.24, 2.45) is 0 Å². The molecule has 5 heteroatoms. The molecule has 1 aliphatic heterocycles. The Morgan fingerprint density at radius 3 is 2.15 bits per heavy atom. The predicted octanol–water partition coefficient (Wildman–Crippen LogP) is 4.97. The van der Waals surface area contributed by atoms with E-state index in [9.17, 15) is 4.79 Å². The maximum absolute atomic E-state index is 12.9. The Bertz CT molecular complexity index is 1230. The molecule has 166 valence electrons. The molecule has 0 atom stereocenters. The number of hydrogen-bond acceptors (Lipinski definition) is 4. The lowest BCUT2D eigenvalue weighted by Crippen LogP contribution is -2.35. The van der Waals surface area contributed by atoms with Gasteiger partial charge in [0, 0.05) is 38.2 Å². The molecule has 1 saturated heterocycles. The summed E-state index contributed by atoms with van der Waals surface area (Å²) in [6.07, 6.45) is 2.25. The topological polar surface area (TPSA) is 49.3 Å². The summed E-state index contributed by atoms with van der Waals surface area (Å²) >= 11 is 0. The van der Waals surface area contributed by atoms with E-state index in [1.807, 2.05) is 65.6 Å². The van der Waals surface area contributed by atoms with E-state index in [0.29, 0.717) is 13.0 Å². The quantitative estimate of drug-likeness (QED) is 0.443. The molecule has 33 heavy (non-hydrogen) atoms. The van der Waals surface area contributed by atoms with Crippen molar-refractivity contribution in [1.82, 2.24) is 14.9 Å². The molecule has 1 amide bonds. The van der Waals surface area contributed by atoms with Gasteiger partial charge in [0.2, 0.25) is 5.91 Å². The molecule has 1 aromatic heterocycles. The largest absolute Gasteiger partial charge is 0.353 e. The highest BCUT2D eigenvalue weighted by Crippen LogP contribution is 2.30. The van der Waals surface area contributed by atoms with E-state index in [1.165, 1.54) is 5.56 Å². The van der Waals surface area contributed by atoms with E-state index in [0.717, 1.165) is 60.6 Å². The second-order valence-electron chi connectivity index (χ2n) is 8.46. The monoisotopic (exact) mass is 436 g/mol. The number of rotatable bonds is 5. The lowest BCUT2D eigenvalue weighted by molar-refractivity contribution is -0.130. The number of nitrogens with zero attached hydrogens (tertiary/aromatic N) is 4. The fraction of sp³-hybridized carbons (Fsp3) is 0.250. The molecule has 0 saturated carbocycles. The van der Waals surface area contributed by atoms with Crippen LogP contribution in [0.4, 0.5) is 5.82 Å². The summed E-state index contributed by atoms with van der Waals surface area (Å²) in [4.78, 5) is 27.2. The van der Waals surface area contributed by atoms with E-state index in [1.54, 1.807) is 0 Å². The molecule has 1 aliphatic rings. The Morgan fingerprint density at radius 2 is 1.39 bits per heavy atom. The summed E-state index contributed by atoms with van der Waals surface area (Å²) in [5, 5.41) is 0. The van der Waals surface area contributed by atoms with Gasteiger partial charge in [-0.05, 0) is 30.5 Å².